The van der Waals surface area contributed by atoms with Crippen molar-refractivity contribution in [3.8, 4) is 0 Å². The summed E-state index contributed by atoms with van der Waals surface area (Å²) in [6.45, 7) is 0. The van der Waals surface area contributed by atoms with Crippen LogP contribution in [0.15, 0.2) is 6.20 Å². The highest BCUT2D eigenvalue weighted by Crippen LogP contribution is 2.26. The molecule has 0 saturated carbocycles. The Morgan fingerprint density at radius 2 is 2.14 bits per heavy atom. The van der Waals surface area contributed by atoms with Crippen molar-refractivity contribution in [2.45, 2.75) is 12.3 Å². The van der Waals surface area contributed by atoms with E-state index in [9.17, 15) is 22.4 Å². The Labute approximate surface area is 75.5 Å². The Bertz CT molecular complexity index is 349. The summed E-state index contributed by atoms with van der Waals surface area (Å²) in [6.07, 6.45) is -3.20. The van der Waals surface area contributed by atoms with Gasteiger partial charge < -0.3 is 0 Å². The average Bonchev–Trinajstić information content (AvgIpc) is 2.50. The van der Waals surface area contributed by atoms with Gasteiger partial charge in [0, 0.05) is 7.05 Å². The number of ketones is 1. The summed E-state index contributed by atoms with van der Waals surface area (Å²) in [4.78, 5) is 10.8. The van der Waals surface area contributed by atoms with Crippen molar-refractivity contribution in [1.82, 2.24) is 15.0 Å². The minimum atomic E-state index is -4.71. The highest BCUT2D eigenvalue weighted by atomic mass is 19.3. The maximum Gasteiger partial charge on any atom is 0.370 e. The normalized spacial score (nSPS) is 12.1. The molecular weight excluding hydrogens is 206 g/mol. The van der Waals surface area contributed by atoms with Gasteiger partial charge in [0.1, 0.15) is 0 Å². The van der Waals surface area contributed by atoms with Crippen molar-refractivity contribution in [3.63, 3.8) is 0 Å². The van der Waals surface area contributed by atoms with Crippen molar-refractivity contribution < 1.29 is 22.4 Å². The van der Waals surface area contributed by atoms with Crippen LogP contribution in [-0.4, -0.2) is 33.1 Å². The standard InChI is InChI=1S/C6H5F4N3O/c1-13-2-3(11-12-13)4(14)6(9,10)5(7)8/h2,5H,1H3. The lowest BCUT2D eigenvalue weighted by atomic mass is 10.2. The highest BCUT2D eigenvalue weighted by Gasteiger charge is 2.50. The van der Waals surface area contributed by atoms with E-state index in [1.165, 1.54) is 7.05 Å². The fraction of sp³-hybridized carbons (Fsp3) is 0.500. The van der Waals surface area contributed by atoms with Crippen LogP contribution in [0.25, 0.3) is 0 Å². The molecule has 0 aliphatic rings. The number of aromatic nitrogens is 3. The summed E-state index contributed by atoms with van der Waals surface area (Å²) >= 11 is 0. The van der Waals surface area contributed by atoms with Crippen molar-refractivity contribution in [2.24, 2.45) is 7.05 Å². The van der Waals surface area contributed by atoms with Gasteiger partial charge in [0.25, 0.3) is 5.78 Å². The summed E-state index contributed by atoms with van der Waals surface area (Å²) in [7, 11) is 1.32. The van der Waals surface area contributed by atoms with Crippen molar-refractivity contribution in [1.29, 1.82) is 0 Å². The highest BCUT2D eigenvalue weighted by molar-refractivity contribution is 5.99. The van der Waals surface area contributed by atoms with Crippen LogP contribution in [0.2, 0.25) is 0 Å². The molecule has 4 nitrogen and oxygen atoms in total. The number of hydrogen-bond donors (Lipinski definition) is 0. The van der Waals surface area contributed by atoms with Gasteiger partial charge in [0.15, 0.2) is 5.69 Å². The topological polar surface area (TPSA) is 47.8 Å². The van der Waals surface area contributed by atoms with Crippen molar-refractivity contribution >= 4 is 5.78 Å². The maximum atomic E-state index is 12.5. The summed E-state index contributed by atoms with van der Waals surface area (Å²) in [5, 5.41) is 6.19. The lowest BCUT2D eigenvalue weighted by Gasteiger charge is -2.10. The molecule has 0 aromatic carbocycles. The van der Waals surface area contributed by atoms with E-state index in [4.69, 9.17) is 0 Å². The zero-order chi connectivity index (χ0) is 10.9. The number of alkyl halides is 4. The molecule has 0 aliphatic heterocycles. The molecule has 0 radical (unpaired) electrons. The summed E-state index contributed by atoms with van der Waals surface area (Å²) in [5.41, 5.74) is -0.780. The second kappa shape index (κ2) is 3.35. The second-order valence-corrected chi connectivity index (χ2v) is 2.53. The molecule has 0 unspecified atom stereocenters. The van der Waals surface area contributed by atoms with Gasteiger partial charge in [-0.15, -0.1) is 5.10 Å². The van der Waals surface area contributed by atoms with Gasteiger partial charge in [0.2, 0.25) is 0 Å². The Morgan fingerprint density at radius 3 is 2.50 bits per heavy atom. The van der Waals surface area contributed by atoms with E-state index in [0.29, 0.717) is 0 Å². The van der Waals surface area contributed by atoms with E-state index in [0.717, 1.165) is 10.9 Å². The molecule has 78 valence electrons. The van der Waals surface area contributed by atoms with Crippen LogP contribution >= 0.6 is 0 Å². The van der Waals surface area contributed by atoms with Gasteiger partial charge in [-0.1, -0.05) is 5.21 Å². The molecule has 0 aliphatic carbocycles. The van der Waals surface area contributed by atoms with Gasteiger partial charge in [-0.05, 0) is 0 Å². The number of aryl methyl sites for hydroxylation is 1. The molecule has 1 aromatic rings. The number of rotatable bonds is 3. The number of carbonyl (C=O) groups is 1. The quantitative estimate of drug-likeness (QED) is 0.551. The summed E-state index contributed by atoms with van der Waals surface area (Å²) < 4.78 is 49.3. The predicted octanol–water partition coefficient (Wildman–Crippen LogP) is 0.898. The molecule has 0 bridgehead atoms. The Hall–Kier alpha value is -1.47. The molecule has 0 atom stereocenters. The lowest BCUT2D eigenvalue weighted by molar-refractivity contribution is -0.0960. The number of hydrogen-bond acceptors (Lipinski definition) is 3. The fourth-order valence-electron chi connectivity index (χ4n) is 0.721. The zero-order valence-electron chi connectivity index (χ0n) is 6.92. The van der Waals surface area contributed by atoms with Gasteiger partial charge in [-0.3, -0.25) is 9.48 Å². The number of carbonyl (C=O) groups excluding carboxylic acids is 1. The van der Waals surface area contributed by atoms with Crippen molar-refractivity contribution in [3.05, 3.63) is 11.9 Å². The van der Waals surface area contributed by atoms with Crippen LogP contribution in [0.3, 0.4) is 0 Å². The number of Topliss-reactive ketones (excluding diaryl/α,β-unsaturated/α-hetero) is 1. The smallest absolute Gasteiger partial charge is 0.285 e. The average molecular weight is 211 g/mol. The molecule has 0 spiro atoms. The summed E-state index contributed by atoms with van der Waals surface area (Å²) in [5.74, 6) is -6.74. The van der Waals surface area contributed by atoms with Crippen LogP contribution in [0.1, 0.15) is 10.5 Å². The first kappa shape index (κ1) is 10.6. The Balaban J connectivity index is 2.96. The van der Waals surface area contributed by atoms with Gasteiger partial charge in [0.05, 0.1) is 6.20 Å². The molecule has 1 aromatic heterocycles. The molecule has 0 fully saturated rings. The van der Waals surface area contributed by atoms with Crippen LogP contribution in [0, 0.1) is 0 Å². The van der Waals surface area contributed by atoms with E-state index >= 15 is 0 Å². The molecule has 1 rings (SSSR count). The van der Waals surface area contributed by atoms with E-state index in [-0.39, 0.29) is 0 Å². The molecule has 0 saturated heterocycles. The first-order chi connectivity index (χ1) is 6.35. The molecule has 14 heavy (non-hydrogen) atoms. The number of halogens is 4. The number of nitrogens with zero attached hydrogens (tertiary/aromatic N) is 3. The maximum absolute atomic E-state index is 12.5. The Kier molecular flexibility index (Phi) is 2.54. The third-order valence-corrected chi connectivity index (χ3v) is 1.41. The van der Waals surface area contributed by atoms with Gasteiger partial charge in [-0.2, -0.15) is 8.78 Å². The van der Waals surface area contributed by atoms with Gasteiger partial charge >= 0.3 is 12.3 Å². The van der Waals surface area contributed by atoms with Crippen LogP contribution < -0.4 is 0 Å². The minimum Gasteiger partial charge on any atom is -0.285 e. The van der Waals surface area contributed by atoms with Crippen LogP contribution in [0.5, 0.6) is 0 Å². The Morgan fingerprint density at radius 1 is 1.57 bits per heavy atom. The fourth-order valence-corrected chi connectivity index (χ4v) is 0.721. The SMILES string of the molecule is Cn1cc(C(=O)C(F)(F)C(F)F)nn1. The molecular formula is C6H5F4N3O. The molecule has 1 heterocycles. The van der Waals surface area contributed by atoms with Crippen molar-refractivity contribution in [2.75, 3.05) is 0 Å². The minimum absolute atomic E-state index is 0.780. The van der Waals surface area contributed by atoms with E-state index in [1.807, 2.05) is 0 Å². The molecule has 0 amide bonds. The van der Waals surface area contributed by atoms with Crippen LogP contribution in [-0.2, 0) is 7.05 Å². The zero-order valence-corrected chi connectivity index (χ0v) is 6.92. The monoisotopic (exact) mass is 211 g/mol. The predicted molar refractivity (Wildman–Crippen MR) is 36.3 cm³/mol. The first-order valence-electron chi connectivity index (χ1n) is 3.42. The third-order valence-electron chi connectivity index (χ3n) is 1.41. The second-order valence-electron chi connectivity index (χ2n) is 2.53. The largest absolute Gasteiger partial charge is 0.370 e. The molecule has 8 heteroatoms. The third kappa shape index (κ3) is 1.73. The van der Waals surface area contributed by atoms with Crippen LogP contribution in [0.4, 0.5) is 17.6 Å². The van der Waals surface area contributed by atoms with E-state index < -0.39 is 23.8 Å². The van der Waals surface area contributed by atoms with E-state index in [1.54, 1.807) is 0 Å². The first-order valence-corrected chi connectivity index (χ1v) is 3.42. The lowest BCUT2D eigenvalue weighted by Crippen LogP contribution is -2.36. The molecule has 0 N–H and O–H groups in total. The van der Waals surface area contributed by atoms with Gasteiger partial charge in [-0.25, -0.2) is 8.78 Å². The van der Waals surface area contributed by atoms with E-state index in [2.05, 4.69) is 10.3 Å². The summed E-state index contributed by atoms with van der Waals surface area (Å²) in [6, 6.07) is 0.